The zero-order valence-electron chi connectivity index (χ0n) is 17.0. The predicted octanol–water partition coefficient (Wildman–Crippen LogP) is 4.49. The number of aromatic nitrogens is 1. The van der Waals surface area contributed by atoms with Gasteiger partial charge in [0.15, 0.2) is 12.0 Å². The number of carbonyl (C=O) groups is 1. The molecule has 1 heterocycles. The van der Waals surface area contributed by atoms with E-state index >= 15 is 0 Å². The molecule has 4 aromatic rings. The van der Waals surface area contributed by atoms with Crippen molar-refractivity contribution in [3.63, 3.8) is 0 Å². The van der Waals surface area contributed by atoms with Crippen LogP contribution in [-0.4, -0.2) is 23.2 Å². The number of benzene rings is 3. The Morgan fingerprint density at radius 1 is 1.16 bits per heavy atom. The van der Waals surface area contributed by atoms with Gasteiger partial charge in [-0.2, -0.15) is 5.26 Å². The number of nitriles is 1. The molecule has 3 aromatic carbocycles. The first-order chi connectivity index (χ1) is 15.6. The Bertz CT molecular complexity index is 1310. The quantitative estimate of drug-likeness (QED) is 0.435. The van der Waals surface area contributed by atoms with Crippen LogP contribution >= 0.6 is 0 Å². The largest absolute Gasteiger partial charge is 0.496 e. The molecule has 0 aliphatic heterocycles. The van der Waals surface area contributed by atoms with Crippen molar-refractivity contribution >= 4 is 17.1 Å². The zero-order valence-corrected chi connectivity index (χ0v) is 17.0. The Balaban J connectivity index is 1.58. The highest BCUT2D eigenvalue weighted by Crippen LogP contribution is 2.33. The number of carboxylic acid groups (broad SMARTS) is 1. The molecule has 4 rings (SSSR count). The van der Waals surface area contributed by atoms with Gasteiger partial charge in [-0.15, -0.1) is 0 Å². The number of rotatable bonds is 8. The number of ether oxygens (including phenoxy) is 3. The molecule has 1 aromatic heterocycles. The van der Waals surface area contributed by atoms with E-state index in [1.54, 1.807) is 36.4 Å². The van der Waals surface area contributed by atoms with Crippen molar-refractivity contribution in [2.24, 2.45) is 0 Å². The minimum atomic E-state index is -1.37. The number of carboxylic acids is 1. The van der Waals surface area contributed by atoms with Crippen LogP contribution < -0.4 is 14.2 Å². The molecule has 0 amide bonds. The topological polar surface area (TPSA) is 115 Å². The summed E-state index contributed by atoms with van der Waals surface area (Å²) in [6.45, 7) is 0.239. The van der Waals surface area contributed by atoms with Crippen molar-refractivity contribution in [1.29, 1.82) is 5.26 Å². The third-order valence-corrected chi connectivity index (χ3v) is 4.76. The van der Waals surface area contributed by atoms with Gasteiger partial charge in [0.25, 0.3) is 0 Å². The van der Waals surface area contributed by atoms with E-state index in [4.69, 9.17) is 18.6 Å². The zero-order chi connectivity index (χ0) is 22.5. The Morgan fingerprint density at radius 3 is 2.78 bits per heavy atom. The molecule has 8 heteroatoms. The van der Waals surface area contributed by atoms with Crippen molar-refractivity contribution in [3.8, 4) is 23.3 Å². The lowest BCUT2D eigenvalue weighted by Gasteiger charge is -2.19. The fraction of sp³-hybridized carbons (Fsp3) is 0.125. The Hall–Kier alpha value is -4.51. The van der Waals surface area contributed by atoms with E-state index in [-0.39, 0.29) is 17.9 Å². The molecule has 0 aliphatic carbocycles. The third-order valence-electron chi connectivity index (χ3n) is 4.76. The van der Waals surface area contributed by atoms with E-state index in [2.05, 4.69) is 4.98 Å². The first kappa shape index (κ1) is 20.8. The van der Waals surface area contributed by atoms with Gasteiger partial charge in [0.05, 0.1) is 12.7 Å². The van der Waals surface area contributed by atoms with Crippen LogP contribution in [0.15, 0.2) is 71.5 Å². The van der Waals surface area contributed by atoms with Crippen LogP contribution in [0, 0.1) is 11.3 Å². The van der Waals surface area contributed by atoms with Crippen molar-refractivity contribution in [2.75, 3.05) is 7.11 Å². The summed E-state index contributed by atoms with van der Waals surface area (Å²) in [5.74, 6) is -0.335. The highest BCUT2D eigenvalue weighted by atomic mass is 16.5. The van der Waals surface area contributed by atoms with Crippen molar-refractivity contribution in [2.45, 2.75) is 12.7 Å². The normalized spacial score (nSPS) is 11.5. The molecule has 32 heavy (non-hydrogen) atoms. The Kier molecular flexibility index (Phi) is 5.90. The molecule has 0 bridgehead atoms. The lowest BCUT2D eigenvalue weighted by Crippen LogP contribution is -2.19. The number of para-hydroxylation sites is 1. The van der Waals surface area contributed by atoms with E-state index < -0.39 is 12.1 Å². The number of methoxy groups -OCH3 is 1. The fourth-order valence-electron chi connectivity index (χ4n) is 3.20. The molecule has 1 N–H and O–H groups in total. The molecular weight excluding hydrogens is 412 g/mol. The lowest BCUT2D eigenvalue weighted by molar-refractivity contribution is -0.145. The lowest BCUT2D eigenvalue weighted by atomic mass is 10.1. The minimum absolute atomic E-state index is 0.0928. The van der Waals surface area contributed by atoms with Gasteiger partial charge in [0, 0.05) is 11.6 Å². The summed E-state index contributed by atoms with van der Waals surface area (Å²) >= 11 is 0. The molecule has 0 radical (unpaired) electrons. The van der Waals surface area contributed by atoms with Gasteiger partial charge in [-0.3, -0.25) is 0 Å². The van der Waals surface area contributed by atoms with Gasteiger partial charge in [0.2, 0.25) is 6.10 Å². The Morgan fingerprint density at radius 2 is 2.00 bits per heavy atom. The standard InChI is InChI=1S/C24H18N2O6/c1-29-20-5-3-2-4-18(20)23(24(27)28)32-22-11-17(8-7-16(22)12-25)30-13-15-6-9-21-19(10-15)26-14-31-21/h2-11,14,23H,13H2,1H3,(H,27,28). The second-order valence-corrected chi connectivity index (χ2v) is 6.79. The second kappa shape index (κ2) is 9.10. The molecule has 0 fully saturated rings. The maximum Gasteiger partial charge on any atom is 0.349 e. The van der Waals surface area contributed by atoms with Crippen molar-refractivity contribution in [3.05, 3.63) is 83.7 Å². The van der Waals surface area contributed by atoms with Crippen LogP contribution in [0.4, 0.5) is 0 Å². The summed E-state index contributed by atoms with van der Waals surface area (Å²) < 4.78 is 22.1. The first-order valence-electron chi connectivity index (χ1n) is 9.60. The monoisotopic (exact) mass is 430 g/mol. The predicted molar refractivity (Wildman–Crippen MR) is 113 cm³/mol. The third kappa shape index (κ3) is 4.32. The molecule has 0 spiro atoms. The van der Waals surface area contributed by atoms with Crippen LogP contribution in [0.3, 0.4) is 0 Å². The summed E-state index contributed by atoms with van der Waals surface area (Å²) in [5, 5.41) is 19.2. The maximum atomic E-state index is 11.9. The smallest absolute Gasteiger partial charge is 0.349 e. The van der Waals surface area contributed by atoms with Gasteiger partial charge in [0.1, 0.15) is 35.4 Å². The average Bonchev–Trinajstić information content (AvgIpc) is 3.29. The minimum Gasteiger partial charge on any atom is -0.496 e. The van der Waals surface area contributed by atoms with Gasteiger partial charge in [-0.1, -0.05) is 24.3 Å². The maximum absolute atomic E-state index is 11.9. The first-order valence-corrected chi connectivity index (χ1v) is 9.60. The Labute approximate surface area is 183 Å². The molecule has 160 valence electrons. The number of hydrogen-bond acceptors (Lipinski definition) is 7. The molecule has 1 unspecified atom stereocenters. The van der Waals surface area contributed by atoms with Gasteiger partial charge in [-0.25, -0.2) is 9.78 Å². The number of aliphatic carboxylic acids is 1. The number of fused-ring (bicyclic) bond motifs is 1. The van der Waals surface area contributed by atoms with Crippen LogP contribution in [0.5, 0.6) is 17.2 Å². The molecular formula is C24H18N2O6. The number of oxazole rings is 1. The summed E-state index contributed by atoms with van der Waals surface area (Å²) in [4.78, 5) is 16.1. The molecule has 1 atom stereocenters. The summed E-state index contributed by atoms with van der Waals surface area (Å²) in [5.41, 5.74) is 2.78. The summed E-state index contributed by atoms with van der Waals surface area (Å²) in [6, 6.07) is 18.8. The van der Waals surface area contributed by atoms with E-state index in [0.717, 1.165) is 11.1 Å². The highest BCUT2D eigenvalue weighted by molar-refractivity contribution is 5.76. The number of nitrogens with zero attached hydrogens (tertiary/aromatic N) is 2. The van der Waals surface area contributed by atoms with Crippen LogP contribution in [0.1, 0.15) is 22.8 Å². The van der Waals surface area contributed by atoms with E-state index in [1.807, 2.05) is 18.2 Å². The number of hydrogen-bond donors (Lipinski definition) is 1. The van der Waals surface area contributed by atoms with E-state index in [0.29, 0.717) is 22.6 Å². The van der Waals surface area contributed by atoms with Crippen LogP contribution in [-0.2, 0) is 11.4 Å². The highest BCUT2D eigenvalue weighted by Gasteiger charge is 2.26. The summed E-state index contributed by atoms with van der Waals surface area (Å²) in [7, 11) is 1.45. The molecule has 0 aliphatic rings. The van der Waals surface area contributed by atoms with Crippen LogP contribution in [0.25, 0.3) is 11.1 Å². The molecule has 0 saturated carbocycles. The molecule has 0 saturated heterocycles. The van der Waals surface area contributed by atoms with E-state index in [1.165, 1.54) is 25.6 Å². The fourth-order valence-corrected chi connectivity index (χ4v) is 3.20. The average molecular weight is 430 g/mol. The van der Waals surface area contributed by atoms with Gasteiger partial charge >= 0.3 is 5.97 Å². The van der Waals surface area contributed by atoms with Gasteiger partial charge in [-0.05, 0) is 35.9 Å². The summed E-state index contributed by atoms with van der Waals surface area (Å²) in [6.07, 6.45) is 0.00298. The van der Waals surface area contributed by atoms with Gasteiger partial charge < -0.3 is 23.7 Å². The van der Waals surface area contributed by atoms with E-state index in [9.17, 15) is 15.2 Å². The van der Waals surface area contributed by atoms with Crippen LogP contribution in [0.2, 0.25) is 0 Å². The molecule has 8 nitrogen and oxygen atoms in total. The van der Waals surface area contributed by atoms with Crippen molar-refractivity contribution in [1.82, 2.24) is 4.98 Å². The van der Waals surface area contributed by atoms with Crippen molar-refractivity contribution < 1.29 is 28.5 Å². The SMILES string of the molecule is COc1ccccc1C(Oc1cc(OCc2ccc3ocnc3c2)ccc1C#N)C(=O)O. The second-order valence-electron chi connectivity index (χ2n) is 6.79.